The molecule has 0 unspecified atom stereocenters. The Morgan fingerprint density at radius 3 is 2.29 bits per heavy atom. The third-order valence-electron chi connectivity index (χ3n) is 3.16. The van der Waals surface area contributed by atoms with E-state index in [2.05, 4.69) is 15.9 Å². The van der Waals surface area contributed by atoms with Gasteiger partial charge in [-0.25, -0.2) is 0 Å². The second-order valence-electron chi connectivity index (χ2n) is 4.48. The largest absolute Gasteiger partial charge is 0.493 e. The Balaban J connectivity index is 2.55. The van der Waals surface area contributed by atoms with Gasteiger partial charge < -0.3 is 9.47 Å². The summed E-state index contributed by atoms with van der Waals surface area (Å²) in [5.74, 6) is 0.808. The molecule has 5 heteroatoms. The summed E-state index contributed by atoms with van der Waals surface area (Å²) in [6, 6.07) is 8.74. The number of methoxy groups -OCH3 is 2. The average molecular weight is 370 g/mol. The molecule has 0 aromatic heterocycles. The summed E-state index contributed by atoms with van der Waals surface area (Å²) in [4.78, 5) is 12.7. The van der Waals surface area contributed by atoms with Crippen molar-refractivity contribution in [3.63, 3.8) is 0 Å². The fourth-order valence-corrected chi connectivity index (χ4v) is 2.61. The van der Waals surface area contributed by atoms with Crippen molar-refractivity contribution in [2.75, 3.05) is 14.2 Å². The van der Waals surface area contributed by atoms with Gasteiger partial charge in [-0.2, -0.15) is 0 Å². The molecule has 0 aliphatic rings. The van der Waals surface area contributed by atoms with Gasteiger partial charge in [0.25, 0.3) is 0 Å². The summed E-state index contributed by atoms with van der Waals surface area (Å²) in [6.07, 6.45) is 0. The summed E-state index contributed by atoms with van der Waals surface area (Å²) >= 11 is 9.58. The van der Waals surface area contributed by atoms with Gasteiger partial charge in [-0.05, 0) is 30.7 Å². The third kappa shape index (κ3) is 3.22. The second-order valence-corrected chi connectivity index (χ2v) is 5.80. The smallest absolute Gasteiger partial charge is 0.194 e. The molecule has 0 fully saturated rings. The molecule has 0 aliphatic heterocycles. The first-order chi connectivity index (χ1) is 9.97. The zero-order chi connectivity index (χ0) is 15.6. The third-order valence-corrected chi connectivity index (χ3v) is 3.97. The first-order valence-electron chi connectivity index (χ1n) is 6.20. The number of carbonyl (C=O) groups excluding carboxylic acids is 1. The topological polar surface area (TPSA) is 35.5 Å². The van der Waals surface area contributed by atoms with Gasteiger partial charge in [0.2, 0.25) is 0 Å². The number of ketones is 1. The Labute approximate surface area is 137 Å². The van der Waals surface area contributed by atoms with Gasteiger partial charge in [-0.1, -0.05) is 33.6 Å². The van der Waals surface area contributed by atoms with Crippen LogP contribution in [0.2, 0.25) is 5.02 Å². The van der Waals surface area contributed by atoms with Crippen molar-refractivity contribution in [2.45, 2.75) is 6.92 Å². The molecule has 0 saturated carbocycles. The van der Waals surface area contributed by atoms with E-state index >= 15 is 0 Å². The fourth-order valence-electron chi connectivity index (χ4n) is 2.01. The zero-order valence-electron chi connectivity index (χ0n) is 11.9. The highest BCUT2D eigenvalue weighted by atomic mass is 79.9. The summed E-state index contributed by atoms with van der Waals surface area (Å²) in [6.45, 7) is 1.88. The van der Waals surface area contributed by atoms with Crippen LogP contribution in [0.1, 0.15) is 21.5 Å². The Hall–Kier alpha value is -1.52. The fraction of sp³-hybridized carbons (Fsp3) is 0.188. The van der Waals surface area contributed by atoms with Gasteiger partial charge in [-0.3, -0.25) is 4.79 Å². The van der Waals surface area contributed by atoms with E-state index in [-0.39, 0.29) is 5.78 Å². The van der Waals surface area contributed by atoms with Gasteiger partial charge in [0.05, 0.1) is 19.2 Å². The van der Waals surface area contributed by atoms with Crippen LogP contribution in [0.25, 0.3) is 0 Å². The molecule has 2 rings (SSSR count). The normalized spacial score (nSPS) is 10.3. The first-order valence-corrected chi connectivity index (χ1v) is 7.37. The summed E-state index contributed by atoms with van der Waals surface area (Å²) in [7, 11) is 3.04. The first kappa shape index (κ1) is 15.9. The minimum absolute atomic E-state index is 0.153. The van der Waals surface area contributed by atoms with Crippen LogP contribution < -0.4 is 9.47 Å². The molecule has 0 N–H and O–H groups in total. The number of carbonyl (C=O) groups is 1. The SMILES string of the molecule is COc1cc(Cl)c(C(=O)c2cc(Br)ccc2C)cc1OC. The van der Waals surface area contributed by atoms with Crippen LogP contribution in [0, 0.1) is 6.92 Å². The maximum Gasteiger partial charge on any atom is 0.194 e. The average Bonchev–Trinajstić information content (AvgIpc) is 2.48. The van der Waals surface area contributed by atoms with E-state index in [1.165, 1.54) is 14.2 Å². The highest BCUT2D eigenvalue weighted by Crippen LogP contribution is 2.34. The van der Waals surface area contributed by atoms with Crippen molar-refractivity contribution < 1.29 is 14.3 Å². The quantitative estimate of drug-likeness (QED) is 0.735. The highest BCUT2D eigenvalue weighted by molar-refractivity contribution is 9.10. The van der Waals surface area contributed by atoms with Crippen molar-refractivity contribution in [3.8, 4) is 11.5 Å². The van der Waals surface area contributed by atoms with Crippen molar-refractivity contribution in [1.82, 2.24) is 0 Å². The molecular weight excluding hydrogens is 356 g/mol. The van der Waals surface area contributed by atoms with E-state index < -0.39 is 0 Å². The Morgan fingerprint density at radius 2 is 1.67 bits per heavy atom. The predicted octanol–water partition coefficient (Wildman–Crippen LogP) is 4.66. The lowest BCUT2D eigenvalue weighted by atomic mass is 9.99. The van der Waals surface area contributed by atoms with Crippen LogP contribution in [-0.2, 0) is 0 Å². The minimum Gasteiger partial charge on any atom is -0.493 e. The molecule has 0 saturated heterocycles. The number of halogens is 2. The standard InChI is InChI=1S/C16H14BrClO3/c1-9-4-5-10(17)6-11(9)16(19)12-7-14(20-2)15(21-3)8-13(12)18/h4-8H,1-3H3. The monoisotopic (exact) mass is 368 g/mol. The molecule has 21 heavy (non-hydrogen) atoms. The molecule has 0 aliphatic carbocycles. The van der Waals surface area contributed by atoms with Crippen LogP contribution in [0.4, 0.5) is 0 Å². The molecule has 0 spiro atoms. The maximum absolute atomic E-state index is 12.7. The summed E-state index contributed by atoms with van der Waals surface area (Å²) in [5.41, 5.74) is 1.86. The van der Waals surface area contributed by atoms with Gasteiger partial charge >= 0.3 is 0 Å². The number of ether oxygens (including phenoxy) is 2. The number of aryl methyl sites for hydroxylation is 1. The van der Waals surface area contributed by atoms with Crippen LogP contribution in [-0.4, -0.2) is 20.0 Å². The van der Waals surface area contributed by atoms with E-state index in [1.54, 1.807) is 18.2 Å². The van der Waals surface area contributed by atoms with Crippen molar-refractivity contribution in [3.05, 3.63) is 56.5 Å². The van der Waals surface area contributed by atoms with E-state index in [1.807, 2.05) is 19.1 Å². The number of rotatable bonds is 4. The second kappa shape index (κ2) is 6.50. The number of benzene rings is 2. The Kier molecular flexibility index (Phi) is 4.91. The summed E-state index contributed by atoms with van der Waals surface area (Å²) < 4.78 is 11.2. The molecular formula is C16H14BrClO3. The Bertz CT molecular complexity index is 698. The lowest BCUT2D eigenvalue weighted by Crippen LogP contribution is -2.05. The number of hydrogen-bond acceptors (Lipinski definition) is 3. The molecule has 2 aromatic rings. The molecule has 0 bridgehead atoms. The molecule has 0 atom stereocenters. The van der Waals surface area contributed by atoms with Gasteiger partial charge in [0.15, 0.2) is 17.3 Å². The maximum atomic E-state index is 12.7. The van der Waals surface area contributed by atoms with Gasteiger partial charge in [0.1, 0.15) is 0 Å². The van der Waals surface area contributed by atoms with Gasteiger partial charge in [0, 0.05) is 21.7 Å². The van der Waals surface area contributed by atoms with Crippen LogP contribution in [0.5, 0.6) is 11.5 Å². The molecule has 2 aromatic carbocycles. The lowest BCUT2D eigenvalue weighted by molar-refractivity contribution is 0.103. The summed E-state index contributed by atoms with van der Waals surface area (Å²) in [5, 5.41) is 0.331. The van der Waals surface area contributed by atoms with Gasteiger partial charge in [-0.15, -0.1) is 0 Å². The molecule has 3 nitrogen and oxygen atoms in total. The van der Waals surface area contributed by atoms with Crippen LogP contribution >= 0.6 is 27.5 Å². The zero-order valence-corrected chi connectivity index (χ0v) is 14.2. The van der Waals surface area contributed by atoms with E-state index in [0.29, 0.717) is 27.6 Å². The number of hydrogen-bond donors (Lipinski definition) is 0. The van der Waals surface area contributed by atoms with E-state index in [4.69, 9.17) is 21.1 Å². The van der Waals surface area contributed by atoms with Crippen LogP contribution in [0.15, 0.2) is 34.8 Å². The van der Waals surface area contributed by atoms with Crippen molar-refractivity contribution in [1.29, 1.82) is 0 Å². The predicted molar refractivity (Wildman–Crippen MR) is 86.9 cm³/mol. The Morgan fingerprint density at radius 1 is 1.05 bits per heavy atom. The van der Waals surface area contributed by atoms with E-state index in [9.17, 15) is 4.79 Å². The molecule has 0 heterocycles. The highest BCUT2D eigenvalue weighted by Gasteiger charge is 2.19. The van der Waals surface area contributed by atoms with Crippen molar-refractivity contribution >= 4 is 33.3 Å². The van der Waals surface area contributed by atoms with Crippen LogP contribution in [0.3, 0.4) is 0 Å². The van der Waals surface area contributed by atoms with E-state index in [0.717, 1.165) is 10.0 Å². The molecule has 0 radical (unpaired) electrons. The lowest BCUT2D eigenvalue weighted by Gasteiger charge is -2.12. The molecule has 110 valence electrons. The molecule has 0 amide bonds. The van der Waals surface area contributed by atoms with Crippen molar-refractivity contribution in [2.24, 2.45) is 0 Å². The minimum atomic E-state index is -0.153.